The van der Waals surface area contributed by atoms with E-state index in [-0.39, 0.29) is 10.6 Å². The van der Waals surface area contributed by atoms with Gasteiger partial charge in [-0.1, -0.05) is 27.5 Å². The number of alkyl halides is 1. The summed E-state index contributed by atoms with van der Waals surface area (Å²) in [4.78, 5) is 11.3. The van der Waals surface area contributed by atoms with E-state index in [1.807, 2.05) is 6.07 Å². The minimum Gasteiger partial charge on any atom is -0.293 e. The second kappa shape index (κ2) is 4.59. The molecule has 0 N–H and O–H groups in total. The van der Waals surface area contributed by atoms with Gasteiger partial charge in [-0.3, -0.25) is 4.79 Å². The fourth-order valence-corrected chi connectivity index (χ4v) is 1.45. The summed E-state index contributed by atoms with van der Waals surface area (Å²) in [5.41, 5.74) is 0.718. The van der Waals surface area contributed by atoms with Gasteiger partial charge in [-0.2, -0.15) is 5.26 Å². The van der Waals surface area contributed by atoms with E-state index < -0.39 is 0 Å². The molecule has 0 fully saturated rings. The standard InChI is InChI=1S/C10H7BrClNO/c1-6(11)10(14)9-4-8(12)3-2-7(9)5-13/h2-4,6H,1H3. The second-order valence-electron chi connectivity index (χ2n) is 2.78. The third-order valence-corrected chi connectivity index (χ3v) is 2.38. The Morgan fingerprint density at radius 1 is 1.64 bits per heavy atom. The molecule has 0 heterocycles. The van der Waals surface area contributed by atoms with Gasteiger partial charge < -0.3 is 0 Å². The van der Waals surface area contributed by atoms with Gasteiger partial charge in [-0.15, -0.1) is 0 Å². The zero-order valence-corrected chi connectivity index (χ0v) is 9.76. The topological polar surface area (TPSA) is 40.9 Å². The van der Waals surface area contributed by atoms with Crippen LogP contribution in [-0.2, 0) is 0 Å². The summed E-state index contributed by atoms with van der Waals surface area (Å²) in [5.74, 6) is -0.135. The zero-order chi connectivity index (χ0) is 10.7. The molecule has 0 bridgehead atoms. The van der Waals surface area contributed by atoms with E-state index in [1.54, 1.807) is 19.1 Å². The third-order valence-electron chi connectivity index (χ3n) is 1.73. The molecule has 0 saturated heterocycles. The first-order chi connectivity index (χ1) is 6.56. The predicted molar refractivity (Wildman–Crippen MR) is 58.9 cm³/mol. The van der Waals surface area contributed by atoms with Crippen molar-refractivity contribution in [1.82, 2.24) is 0 Å². The summed E-state index contributed by atoms with van der Waals surface area (Å²) < 4.78 is 0. The molecule has 0 radical (unpaired) electrons. The van der Waals surface area contributed by atoms with Crippen LogP contribution in [0.15, 0.2) is 18.2 Å². The molecule has 1 aromatic rings. The SMILES string of the molecule is CC(Br)C(=O)c1cc(Cl)ccc1C#N. The highest BCUT2D eigenvalue weighted by atomic mass is 79.9. The second-order valence-corrected chi connectivity index (χ2v) is 4.59. The summed E-state index contributed by atoms with van der Waals surface area (Å²) in [6.07, 6.45) is 0. The van der Waals surface area contributed by atoms with E-state index in [0.717, 1.165) is 0 Å². The van der Waals surface area contributed by atoms with Gasteiger partial charge >= 0.3 is 0 Å². The molecule has 1 atom stereocenters. The quantitative estimate of drug-likeness (QED) is 0.613. The first kappa shape index (κ1) is 11.2. The molecule has 0 saturated carbocycles. The molecule has 2 nitrogen and oxygen atoms in total. The average Bonchev–Trinajstić information content (AvgIpc) is 2.16. The normalized spacial score (nSPS) is 11.9. The molecule has 0 aliphatic rings. The van der Waals surface area contributed by atoms with Gasteiger partial charge in [0.2, 0.25) is 0 Å². The van der Waals surface area contributed by atoms with Crippen LogP contribution in [0.2, 0.25) is 5.02 Å². The van der Waals surface area contributed by atoms with E-state index in [1.165, 1.54) is 6.07 Å². The van der Waals surface area contributed by atoms with Crippen molar-refractivity contribution in [2.45, 2.75) is 11.8 Å². The lowest BCUT2D eigenvalue weighted by Crippen LogP contribution is -2.11. The van der Waals surface area contributed by atoms with Crippen LogP contribution >= 0.6 is 27.5 Å². The number of rotatable bonds is 2. The van der Waals surface area contributed by atoms with Crippen molar-refractivity contribution in [3.8, 4) is 6.07 Å². The van der Waals surface area contributed by atoms with Crippen molar-refractivity contribution in [2.24, 2.45) is 0 Å². The van der Waals surface area contributed by atoms with Gasteiger partial charge in [-0.25, -0.2) is 0 Å². The highest BCUT2D eigenvalue weighted by molar-refractivity contribution is 9.10. The van der Waals surface area contributed by atoms with Crippen molar-refractivity contribution in [3.63, 3.8) is 0 Å². The van der Waals surface area contributed by atoms with Crippen LogP contribution < -0.4 is 0 Å². The highest BCUT2D eigenvalue weighted by Crippen LogP contribution is 2.19. The Hall–Kier alpha value is -0.850. The fourth-order valence-electron chi connectivity index (χ4n) is 1.03. The molecule has 1 rings (SSSR count). The van der Waals surface area contributed by atoms with Crippen LogP contribution in [0.3, 0.4) is 0 Å². The zero-order valence-electron chi connectivity index (χ0n) is 7.42. The number of hydrogen-bond donors (Lipinski definition) is 0. The predicted octanol–water partition coefficient (Wildman–Crippen LogP) is 3.18. The van der Waals surface area contributed by atoms with Gasteiger partial charge in [0.1, 0.15) is 0 Å². The molecule has 4 heteroatoms. The number of carbonyl (C=O) groups is 1. The summed E-state index contributed by atoms with van der Waals surface area (Å²) in [7, 11) is 0. The summed E-state index contributed by atoms with van der Waals surface area (Å²) >= 11 is 8.91. The number of carbonyl (C=O) groups excluding carboxylic acids is 1. The van der Waals surface area contributed by atoms with Crippen molar-refractivity contribution < 1.29 is 4.79 Å². The number of halogens is 2. The third kappa shape index (κ3) is 2.34. The first-order valence-electron chi connectivity index (χ1n) is 3.94. The Bertz CT molecular complexity index is 409. The molecule has 0 aromatic heterocycles. The molecule has 0 spiro atoms. The van der Waals surface area contributed by atoms with Crippen molar-refractivity contribution >= 4 is 33.3 Å². The highest BCUT2D eigenvalue weighted by Gasteiger charge is 2.16. The monoisotopic (exact) mass is 271 g/mol. The summed E-state index contributed by atoms with van der Waals surface area (Å²) in [6, 6.07) is 6.61. The molecule has 0 aliphatic carbocycles. The Labute approximate surface area is 95.6 Å². The summed E-state index contributed by atoms with van der Waals surface area (Å²) in [6.45, 7) is 1.71. The number of Topliss-reactive ketones (excluding diaryl/α,β-unsaturated/α-hetero) is 1. The van der Waals surface area contributed by atoms with E-state index in [9.17, 15) is 4.79 Å². The Morgan fingerprint density at radius 2 is 2.29 bits per heavy atom. The van der Waals surface area contributed by atoms with Gasteiger partial charge in [0, 0.05) is 10.6 Å². The van der Waals surface area contributed by atoms with Crippen LogP contribution in [0.1, 0.15) is 22.8 Å². The molecule has 14 heavy (non-hydrogen) atoms. The molecule has 1 unspecified atom stereocenters. The molecule has 0 aliphatic heterocycles. The van der Waals surface area contributed by atoms with Crippen LogP contribution in [-0.4, -0.2) is 10.6 Å². The minimum atomic E-state index is -0.312. The lowest BCUT2D eigenvalue weighted by atomic mass is 10.0. The molecular formula is C10H7BrClNO. The van der Waals surface area contributed by atoms with Gasteiger partial charge in [0.05, 0.1) is 16.5 Å². The number of benzene rings is 1. The van der Waals surface area contributed by atoms with Crippen LogP contribution in [0.5, 0.6) is 0 Å². The smallest absolute Gasteiger partial charge is 0.177 e. The van der Waals surface area contributed by atoms with Gasteiger partial charge in [-0.05, 0) is 25.1 Å². The van der Waals surface area contributed by atoms with Crippen LogP contribution in [0.25, 0.3) is 0 Å². The van der Waals surface area contributed by atoms with Gasteiger partial charge in [0.15, 0.2) is 5.78 Å². The number of nitrogens with zero attached hydrogens (tertiary/aromatic N) is 1. The lowest BCUT2D eigenvalue weighted by molar-refractivity contribution is 0.0995. The maximum atomic E-state index is 11.6. The maximum Gasteiger partial charge on any atom is 0.177 e. The molecule has 1 aromatic carbocycles. The van der Waals surface area contributed by atoms with E-state index in [4.69, 9.17) is 16.9 Å². The van der Waals surface area contributed by atoms with Crippen molar-refractivity contribution in [1.29, 1.82) is 5.26 Å². The van der Waals surface area contributed by atoms with Gasteiger partial charge in [0.25, 0.3) is 0 Å². The lowest BCUT2D eigenvalue weighted by Gasteiger charge is -2.04. The number of ketones is 1. The number of nitriles is 1. The molecule has 72 valence electrons. The van der Waals surface area contributed by atoms with E-state index >= 15 is 0 Å². The Kier molecular flexibility index (Phi) is 3.68. The summed E-state index contributed by atoms with van der Waals surface area (Å²) in [5, 5.41) is 9.24. The van der Waals surface area contributed by atoms with Crippen LogP contribution in [0.4, 0.5) is 0 Å². The Balaban J connectivity index is 3.26. The molecular weight excluding hydrogens is 265 g/mol. The first-order valence-corrected chi connectivity index (χ1v) is 5.23. The molecule has 0 amide bonds. The Morgan fingerprint density at radius 3 is 2.79 bits per heavy atom. The minimum absolute atomic E-state index is 0.135. The van der Waals surface area contributed by atoms with Crippen LogP contribution in [0, 0.1) is 11.3 Å². The maximum absolute atomic E-state index is 11.6. The van der Waals surface area contributed by atoms with E-state index in [0.29, 0.717) is 16.1 Å². The van der Waals surface area contributed by atoms with E-state index in [2.05, 4.69) is 15.9 Å². The average molecular weight is 273 g/mol. The number of hydrogen-bond acceptors (Lipinski definition) is 2. The fraction of sp³-hybridized carbons (Fsp3) is 0.200. The largest absolute Gasteiger partial charge is 0.293 e. The van der Waals surface area contributed by atoms with Crippen molar-refractivity contribution in [2.75, 3.05) is 0 Å². The van der Waals surface area contributed by atoms with Crippen molar-refractivity contribution in [3.05, 3.63) is 34.3 Å².